The summed E-state index contributed by atoms with van der Waals surface area (Å²) >= 11 is 0. The highest BCUT2D eigenvalue weighted by molar-refractivity contribution is 5.85. The second-order valence-electron chi connectivity index (χ2n) is 3.36. The summed E-state index contributed by atoms with van der Waals surface area (Å²) < 4.78 is 18.2. The monoisotopic (exact) mass is 249 g/mol. The molecule has 0 saturated carbocycles. The minimum absolute atomic E-state index is 0. The number of hydrogen-bond donors (Lipinski definition) is 2. The van der Waals surface area contributed by atoms with Crippen LogP contribution in [0.15, 0.2) is 18.2 Å². The molecule has 0 fully saturated rings. The number of ether oxygens (including phenoxy) is 1. The largest absolute Gasteiger partial charge is 0.493 e. The van der Waals surface area contributed by atoms with Crippen LogP contribution in [0.5, 0.6) is 5.75 Å². The normalized spacial score (nSPS) is 13.8. The molecule has 1 rings (SSSR count). The van der Waals surface area contributed by atoms with Crippen molar-refractivity contribution in [2.24, 2.45) is 5.73 Å². The van der Waals surface area contributed by atoms with E-state index in [9.17, 15) is 9.50 Å². The van der Waals surface area contributed by atoms with Crippen LogP contribution in [0.25, 0.3) is 0 Å². The fourth-order valence-corrected chi connectivity index (χ4v) is 1.46. The predicted molar refractivity (Wildman–Crippen MR) is 63.4 cm³/mol. The Morgan fingerprint density at radius 2 is 2.12 bits per heavy atom. The van der Waals surface area contributed by atoms with E-state index in [4.69, 9.17) is 10.5 Å². The van der Waals surface area contributed by atoms with Crippen LogP contribution >= 0.6 is 12.4 Å². The number of methoxy groups -OCH3 is 1. The van der Waals surface area contributed by atoms with Gasteiger partial charge in [0.2, 0.25) is 0 Å². The number of para-hydroxylation sites is 1. The summed E-state index contributed by atoms with van der Waals surface area (Å²) in [6, 6.07) is 3.88. The molecule has 0 aromatic heterocycles. The molecule has 0 amide bonds. The Morgan fingerprint density at radius 3 is 2.62 bits per heavy atom. The Morgan fingerprint density at radius 1 is 1.50 bits per heavy atom. The smallest absolute Gasteiger partial charge is 0.165 e. The Labute approximate surface area is 101 Å². The lowest BCUT2D eigenvalue weighted by Gasteiger charge is -2.20. The highest BCUT2D eigenvalue weighted by Crippen LogP contribution is 2.28. The molecule has 3 nitrogen and oxygen atoms in total. The molecule has 0 heterocycles. The van der Waals surface area contributed by atoms with Gasteiger partial charge in [0.25, 0.3) is 0 Å². The number of hydrogen-bond acceptors (Lipinski definition) is 3. The quantitative estimate of drug-likeness (QED) is 0.859. The maximum Gasteiger partial charge on any atom is 0.165 e. The summed E-state index contributed by atoms with van der Waals surface area (Å²) in [5.41, 5.74) is 6.29. The van der Waals surface area contributed by atoms with E-state index in [1.165, 1.54) is 13.2 Å². The first-order valence-electron chi connectivity index (χ1n) is 4.87. The van der Waals surface area contributed by atoms with E-state index in [0.717, 1.165) is 0 Å². The van der Waals surface area contributed by atoms with Crippen LogP contribution in [0.4, 0.5) is 4.39 Å². The van der Waals surface area contributed by atoms with Gasteiger partial charge in [-0.1, -0.05) is 19.1 Å². The Bertz CT molecular complexity index is 336. The summed E-state index contributed by atoms with van der Waals surface area (Å²) in [6.45, 7) is 1.82. The molecule has 0 aliphatic heterocycles. The van der Waals surface area contributed by atoms with E-state index in [1.807, 2.05) is 6.92 Å². The molecule has 0 spiro atoms. The van der Waals surface area contributed by atoms with Gasteiger partial charge < -0.3 is 15.6 Å². The SMILES string of the molecule is CC[C@H](O)[C@H](N)c1cccc(F)c1OC.Cl. The van der Waals surface area contributed by atoms with Crippen molar-refractivity contribution < 1.29 is 14.2 Å². The lowest BCUT2D eigenvalue weighted by molar-refractivity contribution is 0.139. The molecule has 1 aromatic carbocycles. The molecule has 3 N–H and O–H groups in total. The molecular weight excluding hydrogens is 233 g/mol. The van der Waals surface area contributed by atoms with Gasteiger partial charge in [0.05, 0.1) is 19.3 Å². The average molecular weight is 250 g/mol. The molecule has 1 aromatic rings. The molecule has 0 aliphatic carbocycles. The first-order chi connectivity index (χ1) is 7.11. The maximum atomic E-state index is 13.3. The Kier molecular flexibility index (Phi) is 6.33. The molecule has 0 aliphatic rings. The number of benzene rings is 1. The molecule has 16 heavy (non-hydrogen) atoms. The van der Waals surface area contributed by atoms with Gasteiger partial charge in [0, 0.05) is 5.56 Å². The van der Waals surface area contributed by atoms with Crippen molar-refractivity contribution in [2.75, 3.05) is 7.11 Å². The van der Waals surface area contributed by atoms with Gasteiger partial charge in [0.15, 0.2) is 11.6 Å². The molecular formula is C11H17ClFNO2. The second-order valence-corrected chi connectivity index (χ2v) is 3.36. The highest BCUT2D eigenvalue weighted by atomic mass is 35.5. The number of aliphatic hydroxyl groups is 1. The van der Waals surface area contributed by atoms with E-state index < -0.39 is 18.0 Å². The van der Waals surface area contributed by atoms with Crippen molar-refractivity contribution in [3.63, 3.8) is 0 Å². The zero-order chi connectivity index (χ0) is 11.4. The van der Waals surface area contributed by atoms with E-state index in [-0.39, 0.29) is 18.2 Å². The van der Waals surface area contributed by atoms with Gasteiger partial charge in [-0.2, -0.15) is 0 Å². The van der Waals surface area contributed by atoms with Crippen molar-refractivity contribution in [1.29, 1.82) is 0 Å². The zero-order valence-corrected chi connectivity index (χ0v) is 10.1. The van der Waals surface area contributed by atoms with Crippen LogP contribution in [0.3, 0.4) is 0 Å². The van der Waals surface area contributed by atoms with E-state index in [1.54, 1.807) is 12.1 Å². The third-order valence-corrected chi connectivity index (χ3v) is 2.39. The first kappa shape index (κ1) is 15.2. The number of nitrogens with two attached hydrogens (primary N) is 1. The molecule has 0 radical (unpaired) electrons. The van der Waals surface area contributed by atoms with Crippen LogP contribution in [-0.4, -0.2) is 18.3 Å². The molecule has 2 atom stereocenters. The topological polar surface area (TPSA) is 55.5 Å². The van der Waals surface area contributed by atoms with E-state index in [2.05, 4.69) is 0 Å². The van der Waals surface area contributed by atoms with E-state index in [0.29, 0.717) is 12.0 Å². The lowest BCUT2D eigenvalue weighted by Crippen LogP contribution is -2.26. The average Bonchev–Trinajstić information content (AvgIpc) is 2.26. The zero-order valence-electron chi connectivity index (χ0n) is 9.31. The predicted octanol–water partition coefficient (Wildman–Crippen LogP) is 2.03. The minimum Gasteiger partial charge on any atom is -0.493 e. The van der Waals surface area contributed by atoms with Gasteiger partial charge in [-0.25, -0.2) is 4.39 Å². The second kappa shape index (κ2) is 6.68. The number of rotatable bonds is 4. The molecule has 0 saturated heterocycles. The summed E-state index contributed by atoms with van der Waals surface area (Å²) in [4.78, 5) is 0. The van der Waals surface area contributed by atoms with Gasteiger partial charge in [-0.15, -0.1) is 12.4 Å². The van der Waals surface area contributed by atoms with Crippen LogP contribution in [0.1, 0.15) is 24.9 Å². The van der Waals surface area contributed by atoms with Gasteiger partial charge >= 0.3 is 0 Å². The van der Waals surface area contributed by atoms with Gasteiger partial charge in [-0.3, -0.25) is 0 Å². The third-order valence-electron chi connectivity index (χ3n) is 2.39. The highest BCUT2D eigenvalue weighted by Gasteiger charge is 2.20. The van der Waals surface area contributed by atoms with Crippen LogP contribution in [0, 0.1) is 5.82 Å². The fraction of sp³-hybridized carbons (Fsp3) is 0.455. The first-order valence-corrected chi connectivity index (χ1v) is 4.87. The van der Waals surface area contributed by atoms with Gasteiger partial charge in [0.1, 0.15) is 0 Å². The van der Waals surface area contributed by atoms with Crippen molar-refractivity contribution in [1.82, 2.24) is 0 Å². The fourth-order valence-electron chi connectivity index (χ4n) is 1.46. The third kappa shape index (κ3) is 3.07. The maximum absolute atomic E-state index is 13.3. The lowest BCUT2D eigenvalue weighted by atomic mass is 9.99. The summed E-state index contributed by atoms with van der Waals surface area (Å²) in [5, 5.41) is 9.59. The van der Waals surface area contributed by atoms with Crippen molar-refractivity contribution in [3.05, 3.63) is 29.6 Å². The molecule has 92 valence electrons. The summed E-state index contributed by atoms with van der Waals surface area (Å²) in [6.07, 6.45) is -0.179. The van der Waals surface area contributed by atoms with Crippen LogP contribution in [-0.2, 0) is 0 Å². The summed E-state index contributed by atoms with van der Waals surface area (Å²) in [7, 11) is 1.38. The number of aliphatic hydroxyl groups excluding tert-OH is 1. The van der Waals surface area contributed by atoms with Crippen molar-refractivity contribution >= 4 is 12.4 Å². The molecule has 5 heteroatoms. The van der Waals surface area contributed by atoms with Crippen molar-refractivity contribution in [2.45, 2.75) is 25.5 Å². The molecule has 0 unspecified atom stereocenters. The van der Waals surface area contributed by atoms with Crippen LogP contribution in [0.2, 0.25) is 0 Å². The molecule has 0 bridgehead atoms. The summed E-state index contributed by atoms with van der Waals surface area (Å²) in [5.74, 6) is -0.355. The van der Waals surface area contributed by atoms with Crippen LogP contribution < -0.4 is 10.5 Å². The standard InChI is InChI=1S/C11H16FNO2.ClH/c1-3-9(14)10(13)7-5-4-6-8(12)11(7)15-2;/h4-6,9-10,14H,3,13H2,1-2H3;1H/t9-,10+;/m0./s1. The Balaban J connectivity index is 0.00000225. The Hall–Kier alpha value is -0.840. The van der Waals surface area contributed by atoms with Gasteiger partial charge in [-0.05, 0) is 12.5 Å². The van der Waals surface area contributed by atoms with E-state index >= 15 is 0 Å². The van der Waals surface area contributed by atoms with Crippen molar-refractivity contribution in [3.8, 4) is 5.75 Å². The number of halogens is 2. The minimum atomic E-state index is -0.694.